The molecule has 0 fully saturated rings. The molecule has 0 saturated heterocycles. The number of carbonyl (C=O) groups excluding carboxylic acids is 2. The van der Waals surface area contributed by atoms with Crippen LogP contribution in [-0.2, 0) is 9.59 Å². The van der Waals surface area contributed by atoms with Crippen molar-refractivity contribution in [3.63, 3.8) is 0 Å². The van der Waals surface area contributed by atoms with Gasteiger partial charge in [0.25, 0.3) is 0 Å². The Hall–Kier alpha value is -0.660. The van der Waals surface area contributed by atoms with Crippen molar-refractivity contribution in [3.8, 4) is 0 Å². The highest BCUT2D eigenvalue weighted by atomic mass is 16.1. The van der Waals surface area contributed by atoms with Gasteiger partial charge in [0.2, 0.25) is 0 Å². The number of unbranched alkanes of at least 4 members (excludes halogenated alkanes) is 1. The van der Waals surface area contributed by atoms with Gasteiger partial charge in [0.05, 0.1) is 0 Å². The van der Waals surface area contributed by atoms with Crippen molar-refractivity contribution in [3.05, 3.63) is 0 Å². The van der Waals surface area contributed by atoms with Crippen molar-refractivity contribution in [1.29, 1.82) is 0 Å². The topological polar surface area (TPSA) is 34.1 Å². The summed E-state index contributed by atoms with van der Waals surface area (Å²) in [4.78, 5) is 22.1. The quantitative estimate of drug-likeness (QED) is 0.581. The van der Waals surface area contributed by atoms with Crippen molar-refractivity contribution in [2.45, 2.75) is 58.8 Å². The molecule has 2 nitrogen and oxygen atoms in total. The molecule has 0 amide bonds. The Morgan fingerprint density at radius 3 is 1.92 bits per heavy atom. The summed E-state index contributed by atoms with van der Waals surface area (Å²) in [7, 11) is 0. The third-order valence-corrected chi connectivity index (χ3v) is 2.11. The lowest BCUT2D eigenvalue weighted by molar-refractivity contribution is -0.120. The highest BCUT2D eigenvalue weighted by molar-refractivity contribution is 5.80. The van der Waals surface area contributed by atoms with Gasteiger partial charge in [-0.05, 0) is 12.8 Å². The molecule has 0 aromatic carbocycles. The average molecular weight is 184 g/mol. The normalized spacial score (nSPS) is 10.0. The van der Waals surface area contributed by atoms with E-state index in [0.29, 0.717) is 31.5 Å². The van der Waals surface area contributed by atoms with Gasteiger partial charge in [-0.3, -0.25) is 9.59 Å². The van der Waals surface area contributed by atoms with Crippen LogP contribution in [0, 0.1) is 0 Å². The number of hydrogen-bond acceptors (Lipinski definition) is 2. The van der Waals surface area contributed by atoms with Gasteiger partial charge in [-0.1, -0.05) is 20.3 Å². The van der Waals surface area contributed by atoms with Gasteiger partial charge in [-0.15, -0.1) is 0 Å². The maximum atomic E-state index is 11.2. The van der Waals surface area contributed by atoms with E-state index in [1.54, 1.807) is 0 Å². The third kappa shape index (κ3) is 7.69. The summed E-state index contributed by atoms with van der Waals surface area (Å²) in [5.74, 6) is 0.578. The Bertz CT molecular complexity index is 161. The SMILES string of the molecule is CCCCC(=O)CCCC(=O)CC. The second-order valence-corrected chi connectivity index (χ2v) is 3.39. The van der Waals surface area contributed by atoms with Gasteiger partial charge in [0.15, 0.2) is 0 Å². The summed E-state index contributed by atoms with van der Waals surface area (Å²) in [6.07, 6.45) is 5.26. The molecule has 0 spiro atoms. The van der Waals surface area contributed by atoms with Gasteiger partial charge < -0.3 is 0 Å². The zero-order valence-electron chi connectivity index (χ0n) is 8.77. The molecule has 0 aromatic rings. The summed E-state index contributed by atoms with van der Waals surface area (Å²) in [6, 6.07) is 0. The standard InChI is InChI=1S/C11H20O2/c1-3-5-7-11(13)9-6-8-10(12)4-2/h3-9H2,1-2H3. The molecule has 0 aliphatic rings. The van der Waals surface area contributed by atoms with E-state index in [1.807, 2.05) is 6.92 Å². The minimum Gasteiger partial charge on any atom is -0.300 e. The molecule has 0 aromatic heterocycles. The molecule has 0 saturated carbocycles. The van der Waals surface area contributed by atoms with Crippen molar-refractivity contribution in [1.82, 2.24) is 0 Å². The third-order valence-electron chi connectivity index (χ3n) is 2.11. The molecule has 0 N–H and O–H groups in total. The first kappa shape index (κ1) is 12.3. The van der Waals surface area contributed by atoms with Gasteiger partial charge in [0, 0.05) is 25.7 Å². The second kappa shape index (κ2) is 7.96. The summed E-state index contributed by atoms with van der Waals surface area (Å²) in [6.45, 7) is 3.94. The van der Waals surface area contributed by atoms with E-state index >= 15 is 0 Å². The van der Waals surface area contributed by atoms with Crippen LogP contribution in [0.15, 0.2) is 0 Å². The van der Waals surface area contributed by atoms with Gasteiger partial charge in [0.1, 0.15) is 11.6 Å². The van der Waals surface area contributed by atoms with Crippen LogP contribution in [0.1, 0.15) is 58.8 Å². The maximum absolute atomic E-state index is 11.2. The Labute approximate surface area is 80.7 Å². The van der Waals surface area contributed by atoms with E-state index in [-0.39, 0.29) is 5.78 Å². The van der Waals surface area contributed by atoms with Crippen LogP contribution in [0.4, 0.5) is 0 Å². The van der Waals surface area contributed by atoms with Crippen LogP contribution >= 0.6 is 0 Å². The van der Waals surface area contributed by atoms with E-state index < -0.39 is 0 Å². The molecule has 0 bridgehead atoms. The second-order valence-electron chi connectivity index (χ2n) is 3.39. The zero-order chi connectivity index (χ0) is 10.1. The Balaban J connectivity index is 3.31. The first-order valence-electron chi connectivity index (χ1n) is 5.24. The molecular weight excluding hydrogens is 164 g/mol. The van der Waals surface area contributed by atoms with Crippen LogP contribution in [0.5, 0.6) is 0 Å². The van der Waals surface area contributed by atoms with Crippen molar-refractivity contribution in [2.75, 3.05) is 0 Å². The molecular formula is C11H20O2. The Kier molecular flexibility index (Phi) is 7.56. The summed E-state index contributed by atoms with van der Waals surface area (Å²) < 4.78 is 0. The molecule has 0 aliphatic carbocycles. The molecule has 0 heterocycles. The smallest absolute Gasteiger partial charge is 0.132 e. The van der Waals surface area contributed by atoms with Crippen LogP contribution in [-0.4, -0.2) is 11.6 Å². The van der Waals surface area contributed by atoms with Crippen LogP contribution in [0.2, 0.25) is 0 Å². The fourth-order valence-electron chi connectivity index (χ4n) is 1.16. The Morgan fingerprint density at radius 1 is 0.846 bits per heavy atom. The fraction of sp³-hybridized carbons (Fsp3) is 0.818. The van der Waals surface area contributed by atoms with Crippen LogP contribution in [0.25, 0.3) is 0 Å². The number of carbonyl (C=O) groups is 2. The minimum atomic E-state index is 0.267. The molecule has 76 valence electrons. The lowest BCUT2D eigenvalue weighted by Gasteiger charge is -1.98. The molecule has 2 heteroatoms. The van der Waals surface area contributed by atoms with E-state index in [2.05, 4.69) is 6.92 Å². The number of rotatable bonds is 8. The number of ketones is 2. The monoisotopic (exact) mass is 184 g/mol. The summed E-state index contributed by atoms with van der Waals surface area (Å²) in [5.41, 5.74) is 0. The summed E-state index contributed by atoms with van der Waals surface area (Å²) in [5, 5.41) is 0. The molecule has 0 rings (SSSR count). The molecule has 0 atom stereocenters. The van der Waals surface area contributed by atoms with E-state index in [9.17, 15) is 9.59 Å². The zero-order valence-corrected chi connectivity index (χ0v) is 8.77. The lowest BCUT2D eigenvalue weighted by Crippen LogP contribution is -2.00. The highest BCUT2D eigenvalue weighted by Crippen LogP contribution is 2.04. The molecule has 13 heavy (non-hydrogen) atoms. The lowest BCUT2D eigenvalue weighted by atomic mass is 10.1. The van der Waals surface area contributed by atoms with Gasteiger partial charge >= 0.3 is 0 Å². The van der Waals surface area contributed by atoms with Crippen molar-refractivity contribution < 1.29 is 9.59 Å². The first-order chi connectivity index (χ1) is 6.20. The number of hydrogen-bond donors (Lipinski definition) is 0. The van der Waals surface area contributed by atoms with E-state index in [0.717, 1.165) is 19.3 Å². The molecule has 0 unspecified atom stereocenters. The fourth-order valence-corrected chi connectivity index (χ4v) is 1.16. The predicted molar refractivity (Wildman–Crippen MR) is 53.7 cm³/mol. The minimum absolute atomic E-state index is 0.267. The van der Waals surface area contributed by atoms with Crippen LogP contribution < -0.4 is 0 Å². The largest absolute Gasteiger partial charge is 0.300 e. The predicted octanol–water partition coefficient (Wildman–Crippen LogP) is 2.90. The van der Waals surface area contributed by atoms with Crippen molar-refractivity contribution in [2.24, 2.45) is 0 Å². The van der Waals surface area contributed by atoms with Crippen LogP contribution in [0.3, 0.4) is 0 Å². The highest BCUT2D eigenvalue weighted by Gasteiger charge is 2.03. The van der Waals surface area contributed by atoms with Crippen molar-refractivity contribution >= 4 is 11.6 Å². The first-order valence-corrected chi connectivity index (χ1v) is 5.24. The van der Waals surface area contributed by atoms with E-state index in [4.69, 9.17) is 0 Å². The molecule has 0 radical (unpaired) electrons. The maximum Gasteiger partial charge on any atom is 0.132 e. The van der Waals surface area contributed by atoms with Gasteiger partial charge in [-0.25, -0.2) is 0 Å². The summed E-state index contributed by atoms with van der Waals surface area (Å²) >= 11 is 0. The Morgan fingerprint density at radius 2 is 1.38 bits per heavy atom. The number of Topliss-reactive ketones (excluding diaryl/α,β-unsaturated/α-hetero) is 2. The average Bonchev–Trinajstić information content (AvgIpc) is 2.14. The van der Waals surface area contributed by atoms with Gasteiger partial charge in [-0.2, -0.15) is 0 Å². The van der Waals surface area contributed by atoms with E-state index in [1.165, 1.54) is 0 Å². The molecule has 0 aliphatic heterocycles.